The number of carbonyl (C=O) groups excluding carboxylic acids is 2. The Kier molecular flexibility index (Phi) is 6.21. The van der Waals surface area contributed by atoms with Crippen LogP contribution >= 0.6 is 0 Å². The molecule has 0 aliphatic carbocycles. The van der Waals surface area contributed by atoms with Gasteiger partial charge < -0.3 is 14.8 Å². The van der Waals surface area contributed by atoms with Crippen molar-refractivity contribution in [3.05, 3.63) is 29.3 Å². The molecule has 5 nitrogen and oxygen atoms in total. The van der Waals surface area contributed by atoms with Gasteiger partial charge in [-0.3, -0.25) is 4.79 Å². The molecule has 1 amide bonds. The average molecular weight is 293 g/mol. The molecule has 0 aliphatic rings. The van der Waals surface area contributed by atoms with Crippen molar-refractivity contribution in [2.75, 3.05) is 14.2 Å². The van der Waals surface area contributed by atoms with E-state index in [0.717, 1.165) is 11.3 Å². The molecule has 1 atom stereocenters. The lowest BCUT2D eigenvalue weighted by Gasteiger charge is -2.18. The van der Waals surface area contributed by atoms with Crippen molar-refractivity contribution in [3.8, 4) is 5.75 Å². The van der Waals surface area contributed by atoms with Crippen LogP contribution in [0.2, 0.25) is 0 Å². The zero-order valence-corrected chi connectivity index (χ0v) is 13.2. The van der Waals surface area contributed by atoms with E-state index in [0.29, 0.717) is 12.0 Å². The zero-order valence-electron chi connectivity index (χ0n) is 13.2. The summed E-state index contributed by atoms with van der Waals surface area (Å²) < 4.78 is 9.90. The summed E-state index contributed by atoms with van der Waals surface area (Å²) in [6.07, 6.45) is 0.535. The van der Waals surface area contributed by atoms with E-state index in [4.69, 9.17) is 9.47 Å². The van der Waals surface area contributed by atoms with Crippen molar-refractivity contribution in [2.24, 2.45) is 5.92 Å². The lowest BCUT2D eigenvalue weighted by Crippen LogP contribution is -2.42. The van der Waals surface area contributed by atoms with Crippen LogP contribution in [0, 0.1) is 12.8 Å². The van der Waals surface area contributed by atoms with E-state index < -0.39 is 12.0 Å². The molecule has 0 saturated carbocycles. The SMILES string of the molecule is COC(=O)C(CC(C)C)NC(=O)c1ccc(OC)c(C)c1. The molecule has 0 aromatic heterocycles. The van der Waals surface area contributed by atoms with Gasteiger partial charge in [-0.15, -0.1) is 0 Å². The molecule has 0 saturated heterocycles. The van der Waals surface area contributed by atoms with Gasteiger partial charge in [0.25, 0.3) is 5.91 Å². The fraction of sp³-hybridized carbons (Fsp3) is 0.500. The third kappa shape index (κ3) is 4.77. The number of ether oxygens (including phenoxy) is 2. The third-order valence-electron chi connectivity index (χ3n) is 3.16. The number of aryl methyl sites for hydroxylation is 1. The van der Waals surface area contributed by atoms with Gasteiger partial charge in [0, 0.05) is 5.56 Å². The molecule has 0 heterocycles. The highest BCUT2D eigenvalue weighted by atomic mass is 16.5. The lowest BCUT2D eigenvalue weighted by molar-refractivity contribution is -0.143. The zero-order chi connectivity index (χ0) is 16.0. The number of hydrogen-bond acceptors (Lipinski definition) is 4. The molecule has 0 radical (unpaired) electrons. The van der Waals surface area contributed by atoms with Crippen LogP contribution in [0.4, 0.5) is 0 Å². The predicted molar refractivity (Wildman–Crippen MR) is 80.5 cm³/mol. The Bertz CT molecular complexity index is 511. The van der Waals surface area contributed by atoms with Crippen LogP contribution in [-0.4, -0.2) is 32.1 Å². The summed E-state index contributed by atoms with van der Waals surface area (Å²) in [6.45, 7) is 5.83. The number of hydrogen-bond donors (Lipinski definition) is 1. The molecule has 0 aliphatic heterocycles. The van der Waals surface area contributed by atoms with E-state index >= 15 is 0 Å². The molecule has 0 spiro atoms. The van der Waals surface area contributed by atoms with Crippen LogP contribution in [0.1, 0.15) is 36.2 Å². The summed E-state index contributed by atoms with van der Waals surface area (Å²) in [4.78, 5) is 24.0. The fourth-order valence-electron chi connectivity index (χ4n) is 2.09. The van der Waals surface area contributed by atoms with E-state index in [9.17, 15) is 9.59 Å². The second kappa shape index (κ2) is 7.67. The summed E-state index contributed by atoms with van der Waals surface area (Å²) in [6, 6.07) is 4.51. The van der Waals surface area contributed by atoms with E-state index in [1.54, 1.807) is 25.3 Å². The number of carbonyl (C=O) groups is 2. The van der Waals surface area contributed by atoms with Crippen molar-refractivity contribution >= 4 is 11.9 Å². The second-order valence-electron chi connectivity index (χ2n) is 5.36. The first-order valence-corrected chi connectivity index (χ1v) is 6.92. The monoisotopic (exact) mass is 293 g/mol. The Morgan fingerprint density at radius 3 is 2.38 bits per heavy atom. The summed E-state index contributed by atoms with van der Waals surface area (Å²) in [5.74, 6) is 0.268. The largest absolute Gasteiger partial charge is 0.496 e. The van der Waals surface area contributed by atoms with Crippen molar-refractivity contribution in [2.45, 2.75) is 33.2 Å². The van der Waals surface area contributed by atoms with Gasteiger partial charge in [-0.1, -0.05) is 13.8 Å². The highest BCUT2D eigenvalue weighted by Gasteiger charge is 2.23. The maximum absolute atomic E-state index is 12.2. The molecule has 1 aromatic carbocycles. The number of rotatable bonds is 6. The molecule has 116 valence electrons. The smallest absolute Gasteiger partial charge is 0.328 e. The molecule has 1 aromatic rings. The van der Waals surface area contributed by atoms with Gasteiger partial charge in [-0.25, -0.2) is 4.79 Å². The minimum absolute atomic E-state index is 0.270. The van der Waals surface area contributed by atoms with Gasteiger partial charge in [-0.05, 0) is 43.0 Å². The number of methoxy groups -OCH3 is 2. The average Bonchev–Trinajstić information content (AvgIpc) is 2.44. The first-order chi connectivity index (χ1) is 9.88. The summed E-state index contributed by atoms with van der Waals surface area (Å²) in [5, 5.41) is 2.73. The quantitative estimate of drug-likeness (QED) is 0.818. The molecule has 1 rings (SSSR count). The van der Waals surface area contributed by atoms with Crippen molar-refractivity contribution in [1.82, 2.24) is 5.32 Å². The molecule has 21 heavy (non-hydrogen) atoms. The van der Waals surface area contributed by atoms with Crippen LogP contribution in [0.15, 0.2) is 18.2 Å². The Morgan fingerprint density at radius 2 is 1.90 bits per heavy atom. The first kappa shape index (κ1) is 17.0. The van der Waals surface area contributed by atoms with Gasteiger partial charge >= 0.3 is 5.97 Å². The normalized spacial score (nSPS) is 11.9. The minimum Gasteiger partial charge on any atom is -0.496 e. The Labute approximate surface area is 125 Å². The van der Waals surface area contributed by atoms with Gasteiger partial charge in [0.2, 0.25) is 0 Å². The fourth-order valence-corrected chi connectivity index (χ4v) is 2.09. The van der Waals surface area contributed by atoms with Crippen LogP contribution in [0.25, 0.3) is 0 Å². The van der Waals surface area contributed by atoms with Crippen LogP contribution < -0.4 is 10.1 Å². The number of amides is 1. The number of esters is 1. The van der Waals surface area contributed by atoms with E-state index in [1.807, 2.05) is 20.8 Å². The molecule has 5 heteroatoms. The number of nitrogens with one attached hydrogen (secondary N) is 1. The highest BCUT2D eigenvalue weighted by molar-refractivity contribution is 5.97. The van der Waals surface area contributed by atoms with Crippen molar-refractivity contribution in [3.63, 3.8) is 0 Å². The Balaban J connectivity index is 2.86. The van der Waals surface area contributed by atoms with Crippen molar-refractivity contribution in [1.29, 1.82) is 0 Å². The van der Waals surface area contributed by atoms with Crippen LogP contribution in [0.5, 0.6) is 5.75 Å². The minimum atomic E-state index is -0.634. The summed E-state index contributed by atoms with van der Waals surface area (Å²) in [7, 11) is 2.90. The van der Waals surface area contributed by atoms with Gasteiger partial charge in [0.1, 0.15) is 11.8 Å². The van der Waals surface area contributed by atoms with Gasteiger partial charge in [-0.2, -0.15) is 0 Å². The standard InChI is InChI=1S/C16H23NO4/c1-10(2)8-13(16(19)21-5)17-15(18)12-6-7-14(20-4)11(3)9-12/h6-7,9-10,13H,8H2,1-5H3,(H,17,18). The lowest BCUT2D eigenvalue weighted by atomic mass is 10.0. The summed E-state index contributed by atoms with van der Waals surface area (Å²) in [5.41, 5.74) is 1.36. The molecular weight excluding hydrogens is 270 g/mol. The maximum Gasteiger partial charge on any atom is 0.328 e. The molecule has 0 bridgehead atoms. The van der Waals surface area contributed by atoms with Gasteiger partial charge in [0.15, 0.2) is 0 Å². The van der Waals surface area contributed by atoms with Crippen LogP contribution in [-0.2, 0) is 9.53 Å². The van der Waals surface area contributed by atoms with E-state index in [1.165, 1.54) is 7.11 Å². The molecule has 0 fully saturated rings. The van der Waals surface area contributed by atoms with Crippen molar-refractivity contribution < 1.29 is 19.1 Å². The third-order valence-corrected chi connectivity index (χ3v) is 3.16. The topological polar surface area (TPSA) is 64.6 Å². The Morgan fingerprint density at radius 1 is 1.24 bits per heavy atom. The number of benzene rings is 1. The molecular formula is C16H23NO4. The van der Waals surface area contributed by atoms with E-state index in [2.05, 4.69) is 5.32 Å². The highest BCUT2D eigenvalue weighted by Crippen LogP contribution is 2.18. The van der Waals surface area contributed by atoms with Gasteiger partial charge in [0.05, 0.1) is 14.2 Å². The second-order valence-corrected chi connectivity index (χ2v) is 5.36. The first-order valence-electron chi connectivity index (χ1n) is 6.92. The molecule has 1 unspecified atom stereocenters. The Hall–Kier alpha value is -2.04. The maximum atomic E-state index is 12.2. The van der Waals surface area contributed by atoms with E-state index in [-0.39, 0.29) is 11.8 Å². The predicted octanol–water partition coefficient (Wildman–Crippen LogP) is 2.32. The summed E-state index contributed by atoms with van der Waals surface area (Å²) >= 11 is 0. The van der Waals surface area contributed by atoms with Crippen LogP contribution in [0.3, 0.4) is 0 Å². The molecule has 1 N–H and O–H groups in total.